The lowest BCUT2D eigenvalue weighted by Gasteiger charge is -2.20. The van der Waals surface area contributed by atoms with Gasteiger partial charge in [-0.05, 0) is 25.7 Å². The van der Waals surface area contributed by atoms with Crippen molar-refractivity contribution in [2.75, 3.05) is 20.1 Å². The van der Waals surface area contributed by atoms with Crippen LogP contribution in [-0.2, 0) is 19.5 Å². The molecule has 2 aliphatic rings. The highest BCUT2D eigenvalue weighted by Gasteiger charge is 2.18. The first-order valence-electron chi connectivity index (χ1n) is 7.75. The third kappa shape index (κ3) is 2.78. The normalized spacial score (nSPS) is 19.9. The highest BCUT2D eigenvalue weighted by atomic mass is 15.3. The van der Waals surface area contributed by atoms with Gasteiger partial charge >= 0.3 is 0 Å². The summed E-state index contributed by atoms with van der Waals surface area (Å²) in [5.41, 5.74) is 0. The van der Waals surface area contributed by atoms with Crippen molar-refractivity contribution in [3.05, 3.63) is 11.6 Å². The molecule has 6 heteroatoms. The van der Waals surface area contributed by atoms with Crippen LogP contribution in [0.3, 0.4) is 0 Å². The summed E-state index contributed by atoms with van der Waals surface area (Å²) in [7, 11) is 1.85. The van der Waals surface area contributed by atoms with Crippen molar-refractivity contribution in [1.29, 1.82) is 0 Å². The lowest BCUT2D eigenvalue weighted by Crippen LogP contribution is -2.39. The fourth-order valence-corrected chi connectivity index (χ4v) is 3.10. The lowest BCUT2D eigenvalue weighted by atomic mass is 10.2. The summed E-state index contributed by atoms with van der Waals surface area (Å²) in [5.74, 6) is 3.19. The van der Waals surface area contributed by atoms with Gasteiger partial charge in [0.1, 0.15) is 5.82 Å². The van der Waals surface area contributed by atoms with Crippen molar-refractivity contribution in [1.82, 2.24) is 25.0 Å². The summed E-state index contributed by atoms with van der Waals surface area (Å²) >= 11 is 0. The number of aromatic nitrogens is 3. The molecule has 0 aliphatic carbocycles. The Kier molecular flexibility index (Phi) is 4.18. The van der Waals surface area contributed by atoms with Gasteiger partial charge in [0.15, 0.2) is 11.8 Å². The minimum Gasteiger partial charge on any atom is -0.349 e. The Hall–Kier alpha value is -1.59. The number of nitrogens with one attached hydrogen (secondary N) is 1. The largest absolute Gasteiger partial charge is 0.349 e. The number of hydrogen-bond donors (Lipinski definition) is 1. The molecule has 1 N–H and O–H groups in total. The van der Waals surface area contributed by atoms with Crippen molar-refractivity contribution in [3.63, 3.8) is 0 Å². The highest BCUT2D eigenvalue weighted by molar-refractivity contribution is 5.79. The first kappa shape index (κ1) is 13.4. The van der Waals surface area contributed by atoms with E-state index in [4.69, 9.17) is 0 Å². The van der Waals surface area contributed by atoms with Crippen LogP contribution in [0.2, 0.25) is 0 Å². The summed E-state index contributed by atoms with van der Waals surface area (Å²) in [6.45, 7) is 3.99. The molecule has 3 rings (SSSR count). The van der Waals surface area contributed by atoms with Crippen molar-refractivity contribution in [2.24, 2.45) is 4.99 Å². The maximum Gasteiger partial charge on any atom is 0.194 e. The predicted molar refractivity (Wildman–Crippen MR) is 78.6 cm³/mol. The van der Waals surface area contributed by atoms with Crippen molar-refractivity contribution >= 4 is 5.96 Å². The molecule has 0 aromatic carbocycles. The number of hydrogen-bond acceptors (Lipinski definition) is 3. The molecule has 1 aromatic heterocycles. The van der Waals surface area contributed by atoms with Crippen LogP contribution in [0.5, 0.6) is 0 Å². The van der Waals surface area contributed by atoms with Gasteiger partial charge in [-0.2, -0.15) is 0 Å². The molecule has 0 atom stereocenters. The van der Waals surface area contributed by atoms with Gasteiger partial charge in [0.2, 0.25) is 0 Å². The number of rotatable bonds is 2. The SMILES string of the molecule is CN=C(NCc1nnc2n1CCCCC2)N1CCCC1. The Balaban J connectivity index is 1.64. The number of likely N-dealkylation sites (tertiary alicyclic amines) is 1. The van der Waals surface area contributed by atoms with E-state index in [-0.39, 0.29) is 0 Å². The molecule has 0 saturated carbocycles. The molecule has 0 unspecified atom stereocenters. The minimum atomic E-state index is 0.718. The van der Waals surface area contributed by atoms with E-state index in [1.165, 1.54) is 32.1 Å². The maximum absolute atomic E-state index is 4.37. The summed E-state index contributed by atoms with van der Waals surface area (Å²) < 4.78 is 2.29. The fraction of sp³-hybridized carbons (Fsp3) is 0.786. The van der Waals surface area contributed by atoms with Crippen LogP contribution in [-0.4, -0.2) is 45.8 Å². The molecule has 3 heterocycles. The van der Waals surface area contributed by atoms with E-state index in [2.05, 4.69) is 30.0 Å². The zero-order valence-electron chi connectivity index (χ0n) is 12.3. The molecule has 1 fully saturated rings. The number of fused-ring (bicyclic) bond motifs is 1. The van der Waals surface area contributed by atoms with Crippen molar-refractivity contribution in [2.45, 2.75) is 51.6 Å². The van der Waals surface area contributed by atoms with E-state index in [9.17, 15) is 0 Å². The van der Waals surface area contributed by atoms with Crippen LogP contribution in [0.25, 0.3) is 0 Å². The van der Waals surface area contributed by atoms with Crippen LogP contribution in [0.15, 0.2) is 4.99 Å². The Labute approximate surface area is 120 Å². The lowest BCUT2D eigenvalue weighted by molar-refractivity contribution is 0.489. The van der Waals surface area contributed by atoms with Gasteiger partial charge in [-0.1, -0.05) is 6.42 Å². The molecule has 1 saturated heterocycles. The van der Waals surface area contributed by atoms with Crippen LogP contribution >= 0.6 is 0 Å². The van der Waals surface area contributed by atoms with E-state index in [1.807, 2.05) is 7.05 Å². The molecule has 0 spiro atoms. The van der Waals surface area contributed by atoms with E-state index < -0.39 is 0 Å². The van der Waals surface area contributed by atoms with E-state index in [0.29, 0.717) is 0 Å². The van der Waals surface area contributed by atoms with Crippen molar-refractivity contribution in [3.8, 4) is 0 Å². The number of nitrogens with zero attached hydrogens (tertiary/aromatic N) is 5. The Morgan fingerprint density at radius 3 is 2.70 bits per heavy atom. The average molecular weight is 276 g/mol. The smallest absolute Gasteiger partial charge is 0.194 e. The Morgan fingerprint density at radius 2 is 1.90 bits per heavy atom. The summed E-state index contributed by atoms with van der Waals surface area (Å²) in [6, 6.07) is 0. The van der Waals surface area contributed by atoms with Crippen LogP contribution < -0.4 is 5.32 Å². The standard InChI is InChI=1S/C14H24N6/c1-15-14(19-8-5-6-9-19)16-11-13-18-17-12-7-3-2-4-10-20(12)13/h2-11H2,1H3,(H,15,16). The van der Waals surface area contributed by atoms with Crippen LogP contribution in [0.4, 0.5) is 0 Å². The third-order valence-corrected chi connectivity index (χ3v) is 4.21. The van der Waals surface area contributed by atoms with Gasteiger partial charge in [0, 0.05) is 33.1 Å². The Morgan fingerprint density at radius 1 is 1.10 bits per heavy atom. The average Bonchev–Trinajstić information content (AvgIpc) is 3.06. The zero-order valence-corrected chi connectivity index (χ0v) is 12.3. The predicted octanol–water partition coefficient (Wildman–Crippen LogP) is 1.18. The second-order valence-electron chi connectivity index (χ2n) is 5.59. The molecule has 110 valence electrons. The summed E-state index contributed by atoms with van der Waals surface area (Å²) in [4.78, 5) is 6.69. The Bertz CT molecular complexity index is 472. The van der Waals surface area contributed by atoms with E-state index in [0.717, 1.165) is 50.2 Å². The topological polar surface area (TPSA) is 58.3 Å². The molecule has 20 heavy (non-hydrogen) atoms. The number of guanidine groups is 1. The van der Waals surface area contributed by atoms with Gasteiger partial charge in [-0.15, -0.1) is 10.2 Å². The van der Waals surface area contributed by atoms with Crippen LogP contribution in [0, 0.1) is 0 Å². The molecule has 0 amide bonds. The number of aliphatic imine (C=N–C) groups is 1. The second-order valence-corrected chi connectivity index (χ2v) is 5.59. The quantitative estimate of drug-likeness (QED) is 0.651. The van der Waals surface area contributed by atoms with Crippen molar-refractivity contribution < 1.29 is 0 Å². The maximum atomic E-state index is 4.37. The van der Waals surface area contributed by atoms with E-state index >= 15 is 0 Å². The fourth-order valence-electron chi connectivity index (χ4n) is 3.10. The summed E-state index contributed by atoms with van der Waals surface area (Å²) in [5, 5.41) is 12.1. The van der Waals surface area contributed by atoms with Gasteiger partial charge in [0.05, 0.1) is 6.54 Å². The molecule has 0 bridgehead atoms. The van der Waals surface area contributed by atoms with Crippen LogP contribution in [0.1, 0.15) is 43.8 Å². The monoisotopic (exact) mass is 276 g/mol. The third-order valence-electron chi connectivity index (χ3n) is 4.21. The van der Waals surface area contributed by atoms with Gasteiger partial charge in [-0.25, -0.2) is 0 Å². The molecule has 1 aromatic rings. The minimum absolute atomic E-state index is 0.718. The van der Waals surface area contributed by atoms with Gasteiger partial charge < -0.3 is 14.8 Å². The summed E-state index contributed by atoms with van der Waals surface area (Å²) in [6.07, 6.45) is 7.36. The first-order valence-corrected chi connectivity index (χ1v) is 7.75. The molecule has 0 radical (unpaired) electrons. The van der Waals surface area contributed by atoms with Gasteiger partial charge in [-0.3, -0.25) is 4.99 Å². The molecular formula is C14H24N6. The number of aryl methyl sites for hydroxylation is 1. The highest BCUT2D eigenvalue weighted by Crippen LogP contribution is 2.14. The zero-order chi connectivity index (χ0) is 13.8. The molecule has 2 aliphatic heterocycles. The molecular weight excluding hydrogens is 252 g/mol. The molecule has 6 nitrogen and oxygen atoms in total. The van der Waals surface area contributed by atoms with Gasteiger partial charge in [0.25, 0.3) is 0 Å². The van der Waals surface area contributed by atoms with E-state index in [1.54, 1.807) is 0 Å². The second kappa shape index (κ2) is 6.24. The first-order chi connectivity index (χ1) is 9.88.